The molecule has 0 aromatic carbocycles. The maximum atomic E-state index is 5.86. The molecule has 2 rings (SSSR count). The zero-order valence-electron chi connectivity index (χ0n) is 11.2. The Hall–Kier alpha value is -1.52. The molecular formula is C13H22N4O. The van der Waals surface area contributed by atoms with Crippen LogP contribution in [0.4, 0.5) is 11.6 Å². The summed E-state index contributed by atoms with van der Waals surface area (Å²) in [5.41, 5.74) is 5.86. The van der Waals surface area contributed by atoms with E-state index >= 15 is 0 Å². The van der Waals surface area contributed by atoms with Gasteiger partial charge in [0.1, 0.15) is 6.33 Å². The van der Waals surface area contributed by atoms with E-state index in [0.717, 1.165) is 12.4 Å². The van der Waals surface area contributed by atoms with Gasteiger partial charge in [0.2, 0.25) is 5.75 Å². The van der Waals surface area contributed by atoms with Crippen LogP contribution >= 0.6 is 0 Å². The molecule has 0 spiro atoms. The predicted molar refractivity (Wildman–Crippen MR) is 72.9 cm³/mol. The Bertz CT molecular complexity index is 395. The number of rotatable bonds is 4. The van der Waals surface area contributed by atoms with E-state index in [-0.39, 0.29) is 0 Å². The molecule has 1 aliphatic heterocycles. The monoisotopic (exact) mass is 250 g/mol. The molecule has 1 aromatic rings. The fraction of sp³-hybridized carbons (Fsp3) is 0.692. The smallest absolute Gasteiger partial charge is 0.204 e. The molecule has 100 valence electrons. The number of aromatic nitrogens is 2. The number of piperidine rings is 1. The van der Waals surface area contributed by atoms with Gasteiger partial charge in [-0.3, -0.25) is 0 Å². The molecule has 1 unspecified atom stereocenters. The minimum absolute atomic E-state index is 0.420. The van der Waals surface area contributed by atoms with Crippen LogP contribution in [0.1, 0.15) is 39.0 Å². The summed E-state index contributed by atoms with van der Waals surface area (Å²) >= 11 is 0. The van der Waals surface area contributed by atoms with Gasteiger partial charge in [-0.1, -0.05) is 13.3 Å². The second-order valence-electron chi connectivity index (χ2n) is 4.75. The first-order valence-corrected chi connectivity index (χ1v) is 6.69. The van der Waals surface area contributed by atoms with Gasteiger partial charge in [-0.05, 0) is 25.7 Å². The molecule has 1 fully saturated rings. The molecule has 1 saturated heterocycles. The summed E-state index contributed by atoms with van der Waals surface area (Å²) < 4.78 is 5.36. The van der Waals surface area contributed by atoms with Crippen molar-refractivity contribution >= 4 is 11.6 Å². The highest BCUT2D eigenvalue weighted by molar-refractivity contribution is 5.63. The number of ether oxygens (including phenoxy) is 1. The van der Waals surface area contributed by atoms with Crippen molar-refractivity contribution in [3.05, 3.63) is 6.33 Å². The summed E-state index contributed by atoms with van der Waals surface area (Å²) in [7, 11) is 1.62. The standard InChI is InChI=1S/C13H22N4O/c1-3-6-10-7-4-5-8-17(10)13-11(18-2)12(14)15-9-16-13/h9-10H,3-8H2,1-2H3,(H2,14,15,16). The largest absolute Gasteiger partial charge is 0.490 e. The van der Waals surface area contributed by atoms with Crippen molar-refractivity contribution in [1.82, 2.24) is 9.97 Å². The number of methoxy groups -OCH3 is 1. The Labute approximate surface area is 108 Å². The fourth-order valence-electron chi connectivity index (χ4n) is 2.69. The lowest BCUT2D eigenvalue weighted by molar-refractivity contribution is 0.395. The maximum Gasteiger partial charge on any atom is 0.204 e. The van der Waals surface area contributed by atoms with Crippen LogP contribution in [0, 0.1) is 0 Å². The van der Waals surface area contributed by atoms with Gasteiger partial charge in [0, 0.05) is 12.6 Å². The van der Waals surface area contributed by atoms with Crippen molar-refractivity contribution in [2.24, 2.45) is 0 Å². The summed E-state index contributed by atoms with van der Waals surface area (Å²) in [6, 6.07) is 0.548. The topological polar surface area (TPSA) is 64.3 Å². The summed E-state index contributed by atoms with van der Waals surface area (Å²) in [5.74, 6) is 1.88. The fourth-order valence-corrected chi connectivity index (χ4v) is 2.69. The third-order valence-electron chi connectivity index (χ3n) is 3.54. The summed E-state index contributed by atoms with van der Waals surface area (Å²) in [5, 5.41) is 0. The van der Waals surface area contributed by atoms with Crippen LogP contribution in [0.15, 0.2) is 6.33 Å². The second-order valence-corrected chi connectivity index (χ2v) is 4.75. The highest BCUT2D eigenvalue weighted by Gasteiger charge is 2.26. The molecular weight excluding hydrogens is 228 g/mol. The number of anilines is 2. The third-order valence-corrected chi connectivity index (χ3v) is 3.54. The van der Waals surface area contributed by atoms with Crippen LogP contribution in [-0.4, -0.2) is 29.7 Å². The van der Waals surface area contributed by atoms with Crippen LogP contribution in [0.25, 0.3) is 0 Å². The van der Waals surface area contributed by atoms with E-state index < -0.39 is 0 Å². The number of nitrogens with two attached hydrogens (primary N) is 1. The lowest BCUT2D eigenvalue weighted by Crippen LogP contribution is -2.40. The average molecular weight is 250 g/mol. The average Bonchev–Trinajstić information content (AvgIpc) is 2.39. The van der Waals surface area contributed by atoms with Gasteiger partial charge < -0.3 is 15.4 Å². The van der Waals surface area contributed by atoms with Gasteiger partial charge in [0.25, 0.3) is 0 Å². The Kier molecular flexibility index (Phi) is 4.23. The van der Waals surface area contributed by atoms with Crippen molar-refractivity contribution in [3.63, 3.8) is 0 Å². The molecule has 0 amide bonds. The van der Waals surface area contributed by atoms with Gasteiger partial charge in [-0.25, -0.2) is 9.97 Å². The van der Waals surface area contributed by atoms with E-state index in [4.69, 9.17) is 10.5 Å². The Morgan fingerprint density at radius 3 is 3.00 bits per heavy atom. The molecule has 1 aliphatic rings. The van der Waals surface area contributed by atoms with Crippen molar-refractivity contribution in [2.45, 2.75) is 45.1 Å². The van der Waals surface area contributed by atoms with E-state index in [1.807, 2.05) is 0 Å². The summed E-state index contributed by atoms with van der Waals surface area (Å²) in [6.07, 6.45) is 7.61. The number of nitrogen functional groups attached to an aromatic ring is 1. The van der Waals surface area contributed by atoms with E-state index in [2.05, 4.69) is 21.8 Å². The number of nitrogens with zero attached hydrogens (tertiary/aromatic N) is 3. The number of hydrogen-bond acceptors (Lipinski definition) is 5. The van der Waals surface area contributed by atoms with Crippen molar-refractivity contribution in [2.75, 3.05) is 24.3 Å². The van der Waals surface area contributed by atoms with E-state index in [1.54, 1.807) is 7.11 Å². The first-order chi connectivity index (χ1) is 8.77. The van der Waals surface area contributed by atoms with E-state index in [1.165, 1.54) is 38.4 Å². The third kappa shape index (κ3) is 2.49. The highest BCUT2D eigenvalue weighted by atomic mass is 16.5. The van der Waals surface area contributed by atoms with Gasteiger partial charge in [0.15, 0.2) is 11.6 Å². The van der Waals surface area contributed by atoms with Gasteiger partial charge in [0.05, 0.1) is 7.11 Å². The van der Waals surface area contributed by atoms with Crippen molar-refractivity contribution in [3.8, 4) is 5.75 Å². The van der Waals surface area contributed by atoms with Crippen LogP contribution in [0.3, 0.4) is 0 Å². The molecule has 2 N–H and O–H groups in total. The van der Waals surface area contributed by atoms with Crippen molar-refractivity contribution in [1.29, 1.82) is 0 Å². The first-order valence-electron chi connectivity index (χ1n) is 6.69. The quantitative estimate of drug-likeness (QED) is 0.887. The van der Waals surface area contributed by atoms with Crippen LogP contribution in [0.5, 0.6) is 5.75 Å². The minimum Gasteiger partial charge on any atom is -0.490 e. The van der Waals surface area contributed by atoms with Crippen LogP contribution in [0.2, 0.25) is 0 Å². The SMILES string of the molecule is CCCC1CCCCN1c1ncnc(N)c1OC. The molecule has 18 heavy (non-hydrogen) atoms. The maximum absolute atomic E-state index is 5.86. The molecule has 0 aliphatic carbocycles. The predicted octanol–water partition coefficient (Wildman–Crippen LogP) is 2.23. The molecule has 2 heterocycles. The molecule has 1 atom stereocenters. The lowest BCUT2D eigenvalue weighted by atomic mass is 9.98. The van der Waals surface area contributed by atoms with Crippen LogP contribution in [-0.2, 0) is 0 Å². The van der Waals surface area contributed by atoms with E-state index in [0.29, 0.717) is 17.6 Å². The Morgan fingerprint density at radius 2 is 2.28 bits per heavy atom. The van der Waals surface area contributed by atoms with Gasteiger partial charge >= 0.3 is 0 Å². The minimum atomic E-state index is 0.420. The van der Waals surface area contributed by atoms with E-state index in [9.17, 15) is 0 Å². The lowest BCUT2D eigenvalue weighted by Gasteiger charge is -2.37. The van der Waals surface area contributed by atoms with Crippen molar-refractivity contribution < 1.29 is 4.74 Å². The zero-order chi connectivity index (χ0) is 13.0. The Morgan fingerprint density at radius 1 is 1.44 bits per heavy atom. The molecule has 0 saturated carbocycles. The highest BCUT2D eigenvalue weighted by Crippen LogP contribution is 2.34. The zero-order valence-corrected chi connectivity index (χ0v) is 11.2. The van der Waals surface area contributed by atoms with Crippen LogP contribution < -0.4 is 15.4 Å². The first kappa shape index (κ1) is 12.9. The molecule has 5 nitrogen and oxygen atoms in total. The normalized spacial score (nSPS) is 19.9. The van der Waals surface area contributed by atoms with Gasteiger partial charge in [-0.2, -0.15) is 0 Å². The number of hydrogen-bond donors (Lipinski definition) is 1. The molecule has 1 aromatic heterocycles. The molecule has 5 heteroatoms. The molecule has 0 bridgehead atoms. The Balaban J connectivity index is 2.30. The van der Waals surface area contributed by atoms with Gasteiger partial charge in [-0.15, -0.1) is 0 Å². The second kappa shape index (κ2) is 5.89. The molecule has 0 radical (unpaired) electrons. The summed E-state index contributed by atoms with van der Waals surface area (Å²) in [6.45, 7) is 3.25. The summed E-state index contributed by atoms with van der Waals surface area (Å²) in [4.78, 5) is 10.7.